The van der Waals surface area contributed by atoms with E-state index in [-0.39, 0.29) is 11.7 Å². The first-order valence-electron chi connectivity index (χ1n) is 9.28. The maximum Gasteiger partial charge on any atom is 0.222 e. The highest BCUT2D eigenvalue weighted by molar-refractivity contribution is 5.76. The van der Waals surface area contributed by atoms with Gasteiger partial charge >= 0.3 is 0 Å². The summed E-state index contributed by atoms with van der Waals surface area (Å²) in [5.74, 6) is 0.552. The Labute approximate surface area is 150 Å². The highest BCUT2D eigenvalue weighted by Gasteiger charge is 2.23. The average Bonchev–Trinajstić information content (AvgIpc) is 2.62. The smallest absolute Gasteiger partial charge is 0.222 e. The molecular formula is C20H31FN2O2. The zero-order chi connectivity index (χ0) is 18.1. The molecule has 0 N–H and O–H groups in total. The highest BCUT2D eigenvalue weighted by atomic mass is 19.1. The molecule has 1 aliphatic heterocycles. The van der Waals surface area contributed by atoms with E-state index in [4.69, 9.17) is 4.74 Å². The van der Waals surface area contributed by atoms with E-state index < -0.39 is 0 Å². The number of halogens is 1. The molecule has 1 atom stereocenters. The summed E-state index contributed by atoms with van der Waals surface area (Å²) in [5, 5.41) is 0. The first kappa shape index (κ1) is 19.9. The van der Waals surface area contributed by atoms with Crippen molar-refractivity contribution in [1.82, 2.24) is 9.80 Å². The Balaban J connectivity index is 1.72. The third-order valence-electron chi connectivity index (χ3n) is 4.92. The molecule has 0 saturated carbocycles. The number of carbonyl (C=O) groups is 1. The number of hydrogen-bond donors (Lipinski definition) is 0. The van der Waals surface area contributed by atoms with Gasteiger partial charge in [0.05, 0.1) is 6.61 Å². The quantitative estimate of drug-likeness (QED) is 0.686. The van der Waals surface area contributed by atoms with Crippen LogP contribution in [0, 0.1) is 11.7 Å². The Kier molecular flexibility index (Phi) is 8.35. The second-order valence-corrected chi connectivity index (χ2v) is 7.08. The van der Waals surface area contributed by atoms with Crippen molar-refractivity contribution in [3.8, 4) is 0 Å². The summed E-state index contributed by atoms with van der Waals surface area (Å²) in [6.45, 7) is 4.24. The largest absolute Gasteiger partial charge is 0.383 e. The van der Waals surface area contributed by atoms with Gasteiger partial charge in [-0.1, -0.05) is 12.1 Å². The SMILES string of the molecule is COCCN(C)CCCC(=O)N1CCCC(Cc2ccc(F)cc2)C1. The van der Waals surface area contributed by atoms with Crippen molar-refractivity contribution in [3.63, 3.8) is 0 Å². The number of hydrogen-bond acceptors (Lipinski definition) is 3. The lowest BCUT2D eigenvalue weighted by molar-refractivity contribution is -0.133. The molecule has 1 fully saturated rings. The molecule has 1 aliphatic rings. The van der Waals surface area contributed by atoms with Gasteiger partial charge in [0, 0.05) is 33.2 Å². The van der Waals surface area contributed by atoms with E-state index >= 15 is 0 Å². The minimum Gasteiger partial charge on any atom is -0.383 e. The summed E-state index contributed by atoms with van der Waals surface area (Å²) in [7, 11) is 3.76. The van der Waals surface area contributed by atoms with Crippen molar-refractivity contribution in [2.45, 2.75) is 32.1 Å². The third-order valence-corrected chi connectivity index (χ3v) is 4.92. The number of likely N-dealkylation sites (tertiary alicyclic amines) is 1. The van der Waals surface area contributed by atoms with Gasteiger partial charge < -0.3 is 14.5 Å². The number of methoxy groups -OCH3 is 1. The van der Waals surface area contributed by atoms with E-state index in [9.17, 15) is 9.18 Å². The molecule has 25 heavy (non-hydrogen) atoms. The van der Waals surface area contributed by atoms with Crippen molar-refractivity contribution in [2.24, 2.45) is 5.92 Å². The fraction of sp³-hybridized carbons (Fsp3) is 0.650. The van der Waals surface area contributed by atoms with Gasteiger partial charge in [0.1, 0.15) is 5.82 Å². The third kappa shape index (κ3) is 7.12. The average molecular weight is 350 g/mol. The molecular weight excluding hydrogens is 319 g/mol. The maximum absolute atomic E-state index is 13.0. The minimum absolute atomic E-state index is 0.195. The molecule has 0 aromatic heterocycles. The van der Waals surface area contributed by atoms with E-state index in [1.54, 1.807) is 7.11 Å². The van der Waals surface area contributed by atoms with Crippen LogP contribution in [0.5, 0.6) is 0 Å². The summed E-state index contributed by atoms with van der Waals surface area (Å²) >= 11 is 0. The van der Waals surface area contributed by atoms with Crippen molar-refractivity contribution in [2.75, 3.05) is 46.9 Å². The number of likely N-dealkylation sites (N-methyl/N-ethyl adjacent to an activating group) is 1. The molecule has 0 aliphatic carbocycles. The highest BCUT2D eigenvalue weighted by Crippen LogP contribution is 2.21. The fourth-order valence-corrected chi connectivity index (χ4v) is 3.43. The normalized spacial score (nSPS) is 17.9. The van der Waals surface area contributed by atoms with Crippen LogP contribution in [0.2, 0.25) is 0 Å². The van der Waals surface area contributed by atoms with Crippen LogP contribution < -0.4 is 0 Å². The lowest BCUT2D eigenvalue weighted by Crippen LogP contribution is -2.40. The van der Waals surface area contributed by atoms with Crippen molar-refractivity contribution < 1.29 is 13.9 Å². The van der Waals surface area contributed by atoms with Gasteiger partial charge in [-0.25, -0.2) is 4.39 Å². The van der Waals surface area contributed by atoms with E-state index in [1.807, 2.05) is 17.0 Å². The zero-order valence-electron chi connectivity index (χ0n) is 15.5. The van der Waals surface area contributed by atoms with E-state index in [0.717, 1.165) is 64.0 Å². The van der Waals surface area contributed by atoms with Gasteiger partial charge in [0.25, 0.3) is 0 Å². The first-order chi connectivity index (χ1) is 12.1. The lowest BCUT2D eigenvalue weighted by Gasteiger charge is -2.33. The second-order valence-electron chi connectivity index (χ2n) is 7.08. The Hall–Kier alpha value is -1.46. The molecule has 1 saturated heterocycles. The number of piperidine rings is 1. The monoisotopic (exact) mass is 350 g/mol. The van der Waals surface area contributed by atoms with E-state index in [0.29, 0.717) is 12.3 Å². The number of amides is 1. The van der Waals surface area contributed by atoms with Crippen LogP contribution in [0.4, 0.5) is 4.39 Å². The first-order valence-corrected chi connectivity index (χ1v) is 9.28. The predicted molar refractivity (Wildman–Crippen MR) is 98.0 cm³/mol. The van der Waals surface area contributed by atoms with Crippen LogP contribution in [-0.4, -0.2) is 62.7 Å². The number of carbonyl (C=O) groups excluding carboxylic acids is 1. The molecule has 2 rings (SSSR count). The molecule has 5 heteroatoms. The molecule has 1 aromatic carbocycles. The number of benzene rings is 1. The molecule has 140 valence electrons. The molecule has 0 spiro atoms. The molecule has 0 radical (unpaired) electrons. The number of rotatable bonds is 9. The van der Waals surface area contributed by atoms with E-state index in [2.05, 4.69) is 11.9 Å². The van der Waals surface area contributed by atoms with Crippen molar-refractivity contribution in [3.05, 3.63) is 35.6 Å². The topological polar surface area (TPSA) is 32.8 Å². The van der Waals surface area contributed by atoms with Gasteiger partial charge in [0.15, 0.2) is 0 Å². The summed E-state index contributed by atoms with van der Waals surface area (Å²) in [6, 6.07) is 6.74. The number of ether oxygens (including phenoxy) is 1. The number of nitrogens with zero attached hydrogens (tertiary/aromatic N) is 2. The Morgan fingerprint density at radius 2 is 2.08 bits per heavy atom. The molecule has 1 amide bonds. The Morgan fingerprint density at radius 3 is 2.80 bits per heavy atom. The van der Waals surface area contributed by atoms with Gasteiger partial charge in [-0.3, -0.25) is 4.79 Å². The fourth-order valence-electron chi connectivity index (χ4n) is 3.43. The van der Waals surface area contributed by atoms with Crippen molar-refractivity contribution in [1.29, 1.82) is 0 Å². The maximum atomic E-state index is 13.0. The zero-order valence-corrected chi connectivity index (χ0v) is 15.5. The molecule has 1 heterocycles. The standard InChI is InChI=1S/C20H31FN2O2/c1-22(13-14-25-2)11-4-6-20(24)23-12-3-5-18(16-23)15-17-7-9-19(21)10-8-17/h7-10,18H,3-6,11-16H2,1-2H3. The Bertz CT molecular complexity index is 521. The van der Waals surface area contributed by atoms with Crippen molar-refractivity contribution >= 4 is 5.91 Å². The van der Waals surface area contributed by atoms with Crippen LogP contribution in [-0.2, 0) is 16.0 Å². The van der Waals surface area contributed by atoms with Crippen LogP contribution >= 0.6 is 0 Å². The summed E-state index contributed by atoms with van der Waals surface area (Å²) in [6.07, 6.45) is 4.62. The van der Waals surface area contributed by atoms with Crippen LogP contribution in [0.15, 0.2) is 24.3 Å². The molecule has 4 nitrogen and oxygen atoms in total. The predicted octanol–water partition coefficient (Wildman–Crippen LogP) is 2.97. The van der Waals surface area contributed by atoms with Crippen LogP contribution in [0.1, 0.15) is 31.2 Å². The van der Waals surface area contributed by atoms with Crippen LogP contribution in [0.25, 0.3) is 0 Å². The van der Waals surface area contributed by atoms with Gasteiger partial charge in [-0.15, -0.1) is 0 Å². The van der Waals surface area contributed by atoms with E-state index in [1.165, 1.54) is 12.1 Å². The lowest BCUT2D eigenvalue weighted by atomic mass is 9.91. The minimum atomic E-state index is -0.195. The molecule has 1 aromatic rings. The van der Waals surface area contributed by atoms with Gasteiger partial charge in [-0.2, -0.15) is 0 Å². The summed E-state index contributed by atoms with van der Waals surface area (Å²) in [4.78, 5) is 16.7. The van der Waals surface area contributed by atoms with Crippen LogP contribution in [0.3, 0.4) is 0 Å². The summed E-state index contributed by atoms with van der Waals surface area (Å²) in [5.41, 5.74) is 1.15. The van der Waals surface area contributed by atoms with Gasteiger partial charge in [0.2, 0.25) is 5.91 Å². The van der Waals surface area contributed by atoms with Gasteiger partial charge in [-0.05, 0) is 62.9 Å². The molecule has 1 unspecified atom stereocenters. The molecule has 0 bridgehead atoms. The second kappa shape index (κ2) is 10.5. The summed E-state index contributed by atoms with van der Waals surface area (Å²) < 4.78 is 18.1. The Morgan fingerprint density at radius 1 is 1.32 bits per heavy atom.